The molecule has 2 heterocycles. The fraction of sp³-hybridized carbons (Fsp3) is 0.897. The molecule has 3 aliphatic rings. The van der Waals surface area contributed by atoms with Gasteiger partial charge in [0, 0.05) is 32.0 Å². The van der Waals surface area contributed by atoms with Gasteiger partial charge >= 0.3 is 5.97 Å². The number of hydrogen-bond acceptors (Lipinski definition) is 6. The van der Waals surface area contributed by atoms with Gasteiger partial charge in [0.1, 0.15) is 0 Å². The Labute approximate surface area is 226 Å². The van der Waals surface area contributed by atoms with Crippen molar-refractivity contribution in [1.82, 2.24) is 0 Å². The van der Waals surface area contributed by atoms with Crippen LogP contribution in [0.5, 0.6) is 0 Å². The molecular formula is C29H52O7Si. The van der Waals surface area contributed by atoms with Crippen molar-refractivity contribution in [2.24, 2.45) is 17.3 Å². The molecule has 0 amide bonds. The van der Waals surface area contributed by atoms with E-state index in [2.05, 4.69) is 46.0 Å². The van der Waals surface area contributed by atoms with Gasteiger partial charge in [0.15, 0.2) is 21.6 Å². The first-order valence-electron chi connectivity index (χ1n) is 14.7. The number of carbonyl (C=O) groups is 1. The second-order valence-corrected chi connectivity index (χ2v) is 14.8. The summed E-state index contributed by atoms with van der Waals surface area (Å²) >= 11 is 0. The van der Waals surface area contributed by atoms with Gasteiger partial charge in [-0.15, -0.1) is 0 Å². The van der Waals surface area contributed by atoms with E-state index in [0.29, 0.717) is 6.42 Å². The van der Waals surface area contributed by atoms with Gasteiger partial charge < -0.3 is 28.5 Å². The monoisotopic (exact) mass is 540 g/mol. The highest BCUT2D eigenvalue weighted by atomic mass is 28.3. The van der Waals surface area contributed by atoms with Gasteiger partial charge in [-0.1, -0.05) is 32.9 Å². The lowest BCUT2D eigenvalue weighted by Crippen LogP contribution is -2.47. The summed E-state index contributed by atoms with van der Waals surface area (Å²) in [7, 11) is -1.32. The molecule has 7 atom stereocenters. The van der Waals surface area contributed by atoms with Crippen molar-refractivity contribution in [2.45, 2.75) is 135 Å². The zero-order chi connectivity index (χ0) is 26.8. The molecule has 0 radical (unpaired) electrons. The van der Waals surface area contributed by atoms with Crippen LogP contribution in [-0.4, -0.2) is 64.2 Å². The normalized spacial score (nSPS) is 32.3. The Morgan fingerprint density at radius 3 is 2.14 bits per heavy atom. The molecule has 0 spiro atoms. The fourth-order valence-corrected chi connectivity index (χ4v) is 7.23. The van der Waals surface area contributed by atoms with Gasteiger partial charge in [-0.25, -0.2) is 0 Å². The van der Waals surface area contributed by atoms with E-state index in [9.17, 15) is 4.79 Å². The summed E-state index contributed by atoms with van der Waals surface area (Å²) in [6.07, 6.45) is 13.8. The molecule has 3 unspecified atom stereocenters. The van der Waals surface area contributed by atoms with Crippen molar-refractivity contribution in [3.8, 4) is 0 Å². The first-order chi connectivity index (χ1) is 17.6. The molecule has 0 aromatic carbocycles. The summed E-state index contributed by atoms with van der Waals surface area (Å²) in [5.41, 5.74) is -0.0450. The largest absolute Gasteiger partial charge is 0.481 e. The average molecular weight is 541 g/mol. The number of carboxylic acids is 1. The highest BCUT2D eigenvalue weighted by Crippen LogP contribution is 2.47. The Morgan fingerprint density at radius 2 is 1.62 bits per heavy atom. The zero-order valence-corrected chi connectivity index (χ0v) is 25.0. The van der Waals surface area contributed by atoms with Gasteiger partial charge in [0.05, 0.1) is 18.3 Å². The number of rotatable bonds is 13. The minimum atomic E-state index is -1.32. The molecule has 3 fully saturated rings. The minimum absolute atomic E-state index is 0.000856. The van der Waals surface area contributed by atoms with E-state index in [4.69, 9.17) is 28.5 Å². The summed E-state index contributed by atoms with van der Waals surface area (Å²) in [6.45, 7) is 12.8. The molecule has 2 aliphatic heterocycles. The van der Waals surface area contributed by atoms with Crippen molar-refractivity contribution >= 4 is 15.0 Å². The molecule has 0 aromatic heterocycles. The van der Waals surface area contributed by atoms with Crippen molar-refractivity contribution in [2.75, 3.05) is 13.2 Å². The molecule has 1 saturated carbocycles. The average Bonchev–Trinajstić information content (AvgIpc) is 3.15. The van der Waals surface area contributed by atoms with Gasteiger partial charge in [0.2, 0.25) is 0 Å². The molecule has 0 bridgehead atoms. The number of carboxylic acid groups (broad SMARTS) is 1. The van der Waals surface area contributed by atoms with Crippen LogP contribution < -0.4 is 0 Å². The molecular weight excluding hydrogens is 488 g/mol. The van der Waals surface area contributed by atoms with Crippen LogP contribution >= 0.6 is 0 Å². The summed E-state index contributed by atoms with van der Waals surface area (Å²) in [4.78, 5) is 10.9. The van der Waals surface area contributed by atoms with E-state index in [0.717, 1.165) is 71.0 Å². The van der Waals surface area contributed by atoms with Crippen molar-refractivity contribution in [3.63, 3.8) is 0 Å². The van der Waals surface area contributed by atoms with Gasteiger partial charge in [-0.05, 0) is 82.2 Å². The Balaban J connectivity index is 1.84. The van der Waals surface area contributed by atoms with Crippen LogP contribution in [0.2, 0.25) is 13.1 Å². The number of ether oxygens (including phenoxy) is 4. The molecule has 37 heavy (non-hydrogen) atoms. The second-order valence-electron chi connectivity index (χ2n) is 12.4. The lowest BCUT2D eigenvalue weighted by molar-refractivity contribution is -0.207. The molecule has 1 aliphatic carbocycles. The quantitative estimate of drug-likeness (QED) is 0.173. The van der Waals surface area contributed by atoms with E-state index in [-0.39, 0.29) is 54.6 Å². The van der Waals surface area contributed by atoms with E-state index >= 15 is 0 Å². The van der Waals surface area contributed by atoms with Crippen LogP contribution in [0.4, 0.5) is 0 Å². The van der Waals surface area contributed by atoms with E-state index in [1.807, 2.05) is 0 Å². The van der Waals surface area contributed by atoms with Crippen LogP contribution in [0.1, 0.15) is 91.4 Å². The van der Waals surface area contributed by atoms with Crippen LogP contribution in [0.25, 0.3) is 0 Å². The van der Waals surface area contributed by atoms with Gasteiger partial charge in [-0.2, -0.15) is 0 Å². The number of unbranched alkanes of at least 4 members (excludes halogenated alkanes) is 1. The molecule has 8 heteroatoms. The van der Waals surface area contributed by atoms with Crippen LogP contribution in [0.15, 0.2) is 12.2 Å². The zero-order valence-electron chi connectivity index (χ0n) is 23.9. The van der Waals surface area contributed by atoms with Crippen LogP contribution in [-0.2, 0) is 28.2 Å². The SMILES string of the molecule is C[SiH](C)OC([C@H]1[C@@H](CC=CCCCC(=O)O)[C@@H](OC2CCCCO2)C[C@H]1OC1CCCCO1)C(C)(C)C. The molecule has 7 nitrogen and oxygen atoms in total. The first-order valence-corrected chi connectivity index (χ1v) is 17.5. The summed E-state index contributed by atoms with van der Waals surface area (Å²) < 4.78 is 32.3. The Kier molecular flexibility index (Phi) is 12.6. The van der Waals surface area contributed by atoms with Crippen LogP contribution in [0.3, 0.4) is 0 Å². The Hall–Kier alpha value is -0.773. The third kappa shape index (κ3) is 10.0. The maximum atomic E-state index is 10.9. The van der Waals surface area contributed by atoms with E-state index in [1.54, 1.807) is 0 Å². The number of hydrogen-bond donors (Lipinski definition) is 1. The van der Waals surface area contributed by atoms with E-state index in [1.165, 1.54) is 0 Å². The van der Waals surface area contributed by atoms with Gasteiger partial charge in [0.25, 0.3) is 0 Å². The number of allylic oxidation sites excluding steroid dienone is 2. The molecule has 2 saturated heterocycles. The van der Waals surface area contributed by atoms with E-state index < -0.39 is 15.0 Å². The summed E-state index contributed by atoms with van der Waals surface area (Å²) in [5, 5.41) is 8.95. The minimum Gasteiger partial charge on any atom is -0.481 e. The van der Waals surface area contributed by atoms with Gasteiger partial charge in [-0.3, -0.25) is 4.79 Å². The third-order valence-corrected chi connectivity index (χ3v) is 8.59. The highest BCUT2D eigenvalue weighted by Gasteiger charge is 2.52. The smallest absolute Gasteiger partial charge is 0.303 e. The van der Waals surface area contributed by atoms with Crippen LogP contribution in [0, 0.1) is 17.3 Å². The standard InChI is InChI=1S/C29H52O7Si/c1-29(2,3)28(36-37(4)5)27-21(14-8-6-7-9-15-24(30)31)22(34-25-16-10-12-18-32-25)20-23(27)35-26-17-11-13-19-33-26/h6,8,21-23,25-28,37H,7,9-20H2,1-5H3,(H,30,31)/t21-,22-,23+,25?,26?,27-,28?/m0/s1. The topological polar surface area (TPSA) is 83.5 Å². The molecule has 1 N–H and O–H groups in total. The Morgan fingerprint density at radius 1 is 1.00 bits per heavy atom. The Bertz CT molecular complexity index is 695. The lowest BCUT2D eigenvalue weighted by atomic mass is 9.75. The van der Waals surface area contributed by atoms with Crippen molar-refractivity contribution < 1.29 is 33.3 Å². The molecule has 0 aromatic rings. The first kappa shape index (κ1) is 30.8. The fourth-order valence-electron chi connectivity index (χ4n) is 6.05. The molecule has 3 rings (SSSR count). The lowest BCUT2D eigenvalue weighted by Gasteiger charge is -2.42. The second kappa shape index (κ2) is 15.1. The number of aliphatic carboxylic acids is 1. The highest BCUT2D eigenvalue weighted by molar-refractivity contribution is 6.48. The maximum absolute atomic E-state index is 10.9. The molecule has 214 valence electrons. The summed E-state index contributed by atoms with van der Waals surface area (Å²) in [5.74, 6) is -0.331. The van der Waals surface area contributed by atoms with Crippen molar-refractivity contribution in [3.05, 3.63) is 12.2 Å². The van der Waals surface area contributed by atoms with Crippen molar-refractivity contribution in [1.29, 1.82) is 0 Å². The third-order valence-electron chi connectivity index (χ3n) is 7.75. The predicted molar refractivity (Wildman–Crippen MR) is 147 cm³/mol. The maximum Gasteiger partial charge on any atom is 0.303 e. The predicted octanol–water partition coefficient (Wildman–Crippen LogP) is 6.06. The summed E-state index contributed by atoms with van der Waals surface area (Å²) in [6, 6.07) is 0.